The monoisotopic (exact) mass is 548 g/mol. The summed E-state index contributed by atoms with van der Waals surface area (Å²) < 4.78 is 21.9. The van der Waals surface area contributed by atoms with Gasteiger partial charge in [0, 0.05) is 62.7 Å². The fourth-order valence-electron chi connectivity index (χ4n) is 4.84. The molecule has 2 aromatic heterocycles. The second-order valence-corrected chi connectivity index (χ2v) is 10.8. The quantitative estimate of drug-likeness (QED) is 0.261. The smallest absolute Gasteiger partial charge is 0.251 e. The molecule has 2 aliphatic rings. The summed E-state index contributed by atoms with van der Waals surface area (Å²) in [6, 6.07) is 7.80. The van der Waals surface area contributed by atoms with Gasteiger partial charge in [-0.05, 0) is 56.7 Å². The molecular weight excluding hydrogens is 511 g/mol. The van der Waals surface area contributed by atoms with Crippen LogP contribution in [0.4, 0.5) is 10.2 Å². The number of carbonyl (C=O) groups is 1. The average Bonchev–Trinajstić information content (AvgIpc) is 3.64. The Labute approximate surface area is 233 Å². The summed E-state index contributed by atoms with van der Waals surface area (Å²) >= 11 is 0. The second-order valence-electron chi connectivity index (χ2n) is 10.8. The number of alkyl halides is 1. The molecule has 1 aliphatic heterocycles. The van der Waals surface area contributed by atoms with E-state index in [2.05, 4.69) is 25.6 Å². The highest BCUT2D eigenvalue weighted by atomic mass is 19.1. The number of carbonyl (C=O) groups excluding carboxylic acids is 1. The maximum atomic E-state index is 14.2. The normalized spacial score (nSPS) is 17.9. The predicted molar refractivity (Wildman–Crippen MR) is 155 cm³/mol. The first-order valence-electron chi connectivity index (χ1n) is 13.7. The molecule has 10 nitrogen and oxygen atoms in total. The third kappa shape index (κ3) is 6.41. The van der Waals surface area contributed by atoms with Crippen molar-refractivity contribution in [1.29, 1.82) is 0 Å². The van der Waals surface area contributed by atoms with Crippen molar-refractivity contribution >= 4 is 23.6 Å². The summed E-state index contributed by atoms with van der Waals surface area (Å²) in [6.07, 6.45) is 7.76. The number of hydrogen-bond acceptors (Lipinski definition) is 8. The molecule has 1 aliphatic carbocycles. The Hall–Kier alpha value is -3.99. The van der Waals surface area contributed by atoms with Crippen LogP contribution >= 0.6 is 0 Å². The van der Waals surface area contributed by atoms with Crippen molar-refractivity contribution < 1.29 is 13.9 Å². The molecule has 212 valence electrons. The average molecular weight is 549 g/mol. The van der Waals surface area contributed by atoms with E-state index in [1.807, 2.05) is 25.1 Å². The van der Waals surface area contributed by atoms with Crippen LogP contribution in [0.5, 0.6) is 5.88 Å². The predicted octanol–water partition coefficient (Wildman–Crippen LogP) is 3.71. The van der Waals surface area contributed by atoms with Crippen molar-refractivity contribution in [2.45, 2.75) is 51.2 Å². The summed E-state index contributed by atoms with van der Waals surface area (Å²) in [7, 11) is 1.63. The molecule has 40 heavy (non-hydrogen) atoms. The largest absolute Gasteiger partial charge is 0.436 e. The zero-order valence-electron chi connectivity index (χ0n) is 23.3. The number of anilines is 1. The Morgan fingerprint density at radius 3 is 2.75 bits per heavy atom. The number of amides is 1. The summed E-state index contributed by atoms with van der Waals surface area (Å²) in [6.45, 7) is 6.48. The third-order valence-corrected chi connectivity index (χ3v) is 7.42. The van der Waals surface area contributed by atoms with Gasteiger partial charge in [-0.1, -0.05) is 12.1 Å². The number of aromatic nitrogens is 3. The fourth-order valence-corrected chi connectivity index (χ4v) is 4.84. The maximum Gasteiger partial charge on any atom is 0.251 e. The van der Waals surface area contributed by atoms with Crippen LogP contribution < -0.4 is 21.1 Å². The van der Waals surface area contributed by atoms with Crippen molar-refractivity contribution in [1.82, 2.24) is 24.8 Å². The number of hydrogen-bond donors (Lipinski definition) is 3. The van der Waals surface area contributed by atoms with Gasteiger partial charge in [0.1, 0.15) is 11.5 Å². The number of halogens is 1. The van der Waals surface area contributed by atoms with Gasteiger partial charge >= 0.3 is 0 Å². The molecule has 2 fully saturated rings. The van der Waals surface area contributed by atoms with E-state index in [9.17, 15) is 9.18 Å². The van der Waals surface area contributed by atoms with E-state index in [0.29, 0.717) is 54.1 Å². The van der Waals surface area contributed by atoms with Gasteiger partial charge in [-0.25, -0.2) is 4.39 Å². The summed E-state index contributed by atoms with van der Waals surface area (Å²) in [4.78, 5) is 23.6. The summed E-state index contributed by atoms with van der Waals surface area (Å²) in [5.41, 5.74) is 8.46. The van der Waals surface area contributed by atoms with Crippen molar-refractivity contribution in [3.8, 4) is 17.0 Å². The lowest BCUT2D eigenvalue weighted by Gasteiger charge is -2.34. The molecule has 4 N–H and O–H groups in total. The Kier molecular flexibility index (Phi) is 8.02. The van der Waals surface area contributed by atoms with Crippen molar-refractivity contribution in [2.75, 3.05) is 38.5 Å². The number of aliphatic imine (C=N–C) groups is 1. The number of rotatable bonds is 10. The number of nitrogens with two attached hydrogens (primary N) is 1. The highest BCUT2D eigenvalue weighted by molar-refractivity contribution is 5.97. The number of fused-ring (bicyclic) bond motifs is 1. The van der Waals surface area contributed by atoms with E-state index in [0.717, 1.165) is 49.2 Å². The van der Waals surface area contributed by atoms with Gasteiger partial charge < -0.3 is 26.0 Å². The summed E-state index contributed by atoms with van der Waals surface area (Å²) in [5.74, 6) is 1.34. The minimum absolute atomic E-state index is 0.0461. The number of allylic oxidation sites excluding steroid dienone is 1. The minimum Gasteiger partial charge on any atom is -0.436 e. The third-order valence-electron chi connectivity index (χ3n) is 7.42. The maximum absolute atomic E-state index is 14.2. The minimum atomic E-state index is -1.08. The fraction of sp³-hybridized carbons (Fsp3) is 0.448. The van der Waals surface area contributed by atoms with Crippen LogP contribution in [-0.4, -0.2) is 76.6 Å². The molecule has 11 heteroatoms. The first-order chi connectivity index (χ1) is 19.3. The van der Waals surface area contributed by atoms with Crippen LogP contribution in [0.2, 0.25) is 0 Å². The zero-order chi connectivity index (χ0) is 28.3. The lowest BCUT2D eigenvalue weighted by molar-refractivity contribution is 0.0762. The van der Waals surface area contributed by atoms with Crippen LogP contribution in [0.15, 0.2) is 47.4 Å². The van der Waals surface area contributed by atoms with Gasteiger partial charge in [0.15, 0.2) is 11.4 Å². The van der Waals surface area contributed by atoms with Crippen molar-refractivity contribution in [3.63, 3.8) is 0 Å². The van der Waals surface area contributed by atoms with Crippen LogP contribution in [-0.2, 0) is 0 Å². The van der Waals surface area contributed by atoms with Gasteiger partial charge in [-0.2, -0.15) is 14.6 Å². The standard InChI is InChI=1S/C29H37FN8O2/c1-19-14-20(4-7-23(19)28(39)35-21-5-6-21)24-18-34-38-25(33-10-13-37-11-8-29(2,30)9-12-37)15-26(36-27(24)38)40-22(16-31)17-32-3/h4,7,14-18,21,33H,5-6,8-13,31H2,1-3H3,(H,35,39). The highest BCUT2D eigenvalue weighted by Gasteiger charge is 2.29. The molecule has 0 atom stereocenters. The van der Waals surface area contributed by atoms with Crippen molar-refractivity contribution in [3.05, 3.63) is 53.5 Å². The van der Waals surface area contributed by atoms with E-state index in [1.54, 1.807) is 30.8 Å². The lowest BCUT2D eigenvalue weighted by atomic mass is 9.96. The molecule has 1 amide bonds. The molecular formula is C29H37FN8O2. The Morgan fingerprint density at radius 2 is 2.08 bits per heavy atom. The first kappa shape index (κ1) is 27.6. The van der Waals surface area contributed by atoms with Crippen LogP contribution in [0, 0.1) is 6.92 Å². The number of likely N-dealkylation sites (tertiary alicyclic amines) is 1. The first-order valence-corrected chi connectivity index (χ1v) is 13.7. The van der Waals surface area contributed by atoms with E-state index < -0.39 is 5.67 Å². The summed E-state index contributed by atoms with van der Waals surface area (Å²) in [5, 5.41) is 11.1. The Bertz CT molecular complexity index is 1430. The highest BCUT2D eigenvalue weighted by Crippen LogP contribution is 2.30. The number of ether oxygens (including phenoxy) is 1. The Balaban J connectivity index is 1.42. The number of piperidine rings is 1. The van der Waals surface area contributed by atoms with Crippen LogP contribution in [0.1, 0.15) is 48.5 Å². The molecule has 1 aromatic carbocycles. The van der Waals surface area contributed by atoms with Gasteiger partial charge in [0.2, 0.25) is 5.88 Å². The van der Waals surface area contributed by atoms with E-state index in [4.69, 9.17) is 15.5 Å². The Morgan fingerprint density at radius 1 is 1.30 bits per heavy atom. The van der Waals surface area contributed by atoms with E-state index in [-0.39, 0.29) is 5.91 Å². The molecule has 0 bridgehead atoms. The molecule has 1 saturated carbocycles. The molecule has 3 heterocycles. The van der Waals surface area contributed by atoms with Gasteiger partial charge in [0.25, 0.3) is 5.91 Å². The molecule has 0 unspecified atom stereocenters. The van der Waals surface area contributed by atoms with Gasteiger partial charge in [-0.3, -0.25) is 9.79 Å². The van der Waals surface area contributed by atoms with E-state index in [1.165, 1.54) is 12.4 Å². The van der Waals surface area contributed by atoms with Crippen LogP contribution in [0.3, 0.4) is 0 Å². The van der Waals surface area contributed by atoms with Crippen LogP contribution in [0.25, 0.3) is 16.8 Å². The van der Waals surface area contributed by atoms with Gasteiger partial charge in [0.05, 0.1) is 12.4 Å². The number of aryl methyl sites for hydroxylation is 1. The molecule has 0 spiro atoms. The van der Waals surface area contributed by atoms with E-state index >= 15 is 0 Å². The number of benzene rings is 1. The topological polar surface area (TPSA) is 122 Å². The molecule has 5 rings (SSSR count). The second kappa shape index (κ2) is 11.6. The van der Waals surface area contributed by atoms with Gasteiger partial charge in [-0.15, -0.1) is 0 Å². The molecule has 1 saturated heterocycles. The lowest BCUT2D eigenvalue weighted by Crippen LogP contribution is -2.41. The SMILES string of the molecule is CN=CC(=CN)Oc1cc(NCCN2CCC(C)(F)CC2)n2ncc(-c3ccc(C(=O)NC4CC4)c(C)c3)c2n1. The molecule has 3 aromatic rings. The van der Waals surface area contributed by atoms with Crippen molar-refractivity contribution in [2.24, 2.45) is 10.7 Å². The number of nitrogens with zero attached hydrogens (tertiary/aromatic N) is 5. The molecule has 0 radical (unpaired) electrons. The zero-order valence-corrected chi connectivity index (χ0v) is 23.3. The number of nitrogens with one attached hydrogen (secondary N) is 2.